The highest BCUT2D eigenvalue weighted by molar-refractivity contribution is 6.24. The molecule has 2 unspecified atom stereocenters. The van der Waals surface area contributed by atoms with Gasteiger partial charge >= 0.3 is 0 Å². The van der Waals surface area contributed by atoms with Gasteiger partial charge in [-0.05, 0) is 41.5 Å². The Balaban J connectivity index is 1.87. The Hall–Kier alpha value is -2.93. The number of benzene rings is 2. The number of hydrogen-bond acceptors (Lipinski definition) is 4. The van der Waals surface area contributed by atoms with Gasteiger partial charge in [-0.3, -0.25) is 14.4 Å². The number of amides is 1. The van der Waals surface area contributed by atoms with Crippen LogP contribution in [0.1, 0.15) is 27.4 Å². The van der Waals surface area contributed by atoms with Crippen LogP contribution in [0.2, 0.25) is 0 Å². The van der Waals surface area contributed by atoms with E-state index in [1.807, 2.05) is 0 Å². The number of carbonyl (C=O) groups is 3. The van der Waals surface area contributed by atoms with Crippen LogP contribution in [0.5, 0.6) is 0 Å². The van der Waals surface area contributed by atoms with Crippen LogP contribution in [0, 0.1) is 11.6 Å². The third kappa shape index (κ3) is 3.18. The largest absolute Gasteiger partial charge is 0.377 e. The maximum absolute atomic E-state index is 13.5. The van der Waals surface area contributed by atoms with Crippen LogP contribution < -0.4 is 5.32 Å². The summed E-state index contributed by atoms with van der Waals surface area (Å²) in [7, 11) is 0. The van der Waals surface area contributed by atoms with E-state index in [1.165, 1.54) is 24.3 Å². The zero-order valence-corrected chi connectivity index (χ0v) is 12.8. The molecule has 0 aromatic heterocycles. The number of aliphatic hydroxyl groups is 1. The summed E-state index contributed by atoms with van der Waals surface area (Å²) in [5.74, 6) is -5.25. The van der Waals surface area contributed by atoms with Gasteiger partial charge in [0.1, 0.15) is 17.6 Å². The molecule has 3 rings (SSSR count). The minimum atomic E-state index is -1.96. The summed E-state index contributed by atoms with van der Waals surface area (Å²) in [5.41, 5.74) is 0.460. The van der Waals surface area contributed by atoms with Crippen LogP contribution in [0.4, 0.5) is 8.78 Å². The van der Waals surface area contributed by atoms with Gasteiger partial charge in [0.25, 0.3) is 0 Å². The van der Waals surface area contributed by atoms with Gasteiger partial charge in [0.2, 0.25) is 5.91 Å². The predicted octanol–water partition coefficient (Wildman–Crippen LogP) is 1.49. The first-order valence-electron chi connectivity index (χ1n) is 7.46. The molecule has 7 heteroatoms. The minimum Gasteiger partial charge on any atom is -0.377 e. The molecular formula is C18H13F2NO4. The highest BCUT2D eigenvalue weighted by Crippen LogP contribution is 2.30. The van der Waals surface area contributed by atoms with E-state index in [9.17, 15) is 28.3 Å². The lowest BCUT2D eigenvalue weighted by Gasteiger charge is -2.26. The number of hydrogen-bond donors (Lipinski definition) is 2. The fourth-order valence-electron chi connectivity index (χ4n) is 2.75. The van der Waals surface area contributed by atoms with Crippen LogP contribution in [0.25, 0.3) is 0 Å². The average molecular weight is 345 g/mol. The molecule has 0 bridgehead atoms. The van der Waals surface area contributed by atoms with E-state index in [0.29, 0.717) is 5.56 Å². The molecule has 1 aliphatic rings. The van der Waals surface area contributed by atoms with Gasteiger partial charge in [-0.25, -0.2) is 8.78 Å². The number of rotatable bonds is 3. The second-order valence-electron chi connectivity index (χ2n) is 5.68. The van der Waals surface area contributed by atoms with Crippen LogP contribution >= 0.6 is 0 Å². The molecule has 0 saturated heterocycles. The van der Waals surface area contributed by atoms with E-state index >= 15 is 0 Å². The summed E-state index contributed by atoms with van der Waals surface area (Å²) in [4.78, 5) is 36.6. The Kier molecular flexibility index (Phi) is 4.41. The smallest absolute Gasteiger partial charge is 0.235 e. The summed E-state index contributed by atoms with van der Waals surface area (Å²) >= 11 is 0. The Morgan fingerprint density at radius 2 is 1.68 bits per heavy atom. The molecule has 5 nitrogen and oxygen atoms in total. The third-order valence-electron chi connectivity index (χ3n) is 4.03. The van der Waals surface area contributed by atoms with Gasteiger partial charge in [-0.1, -0.05) is 12.1 Å². The summed E-state index contributed by atoms with van der Waals surface area (Å²) in [5, 5.41) is 12.3. The van der Waals surface area contributed by atoms with Crippen LogP contribution in [0.15, 0.2) is 42.5 Å². The number of fused-ring (bicyclic) bond motifs is 1. The van der Waals surface area contributed by atoms with Crippen molar-refractivity contribution >= 4 is 17.5 Å². The molecule has 0 heterocycles. The third-order valence-corrected chi connectivity index (χ3v) is 4.03. The van der Waals surface area contributed by atoms with Crippen molar-refractivity contribution in [3.8, 4) is 0 Å². The maximum atomic E-state index is 13.5. The van der Waals surface area contributed by atoms with Crippen molar-refractivity contribution in [3.63, 3.8) is 0 Å². The van der Waals surface area contributed by atoms with E-state index < -0.39 is 41.1 Å². The van der Waals surface area contributed by atoms with Crippen molar-refractivity contribution in [1.82, 2.24) is 5.32 Å². The molecule has 0 saturated carbocycles. The Bertz CT molecular complexity index is 864. The monoisotopic (exact) mass is 345 g/mol. The zero-order chi connectivity index (χ0) is 18.1. The first-order valence-corrected chi connectivity index (χ1v) is 7.46. The van der Waals surface area contributed by atoms with Gasteiger partial charge in [0, 0.05) is 12.1 Å². The molecule has 0 spiro atoms. The van der Waals surface area contributed by atoms with Crippen molar-refractivity contribution < 1.29 is 28.3 Å². The minimum absolute atomic E-state index is 0.0115. The summed E-state index contributed by atoms with van der Waals surface area (Å²) < 4.78 is 26.4. The molecule has 128 valence electrons. The standard InChI is InChI=1S/C18H13F2NO4/c19-10-3-1-9(2-4-10)8-21-18(25)14-13-7-11(20)5-6-12(13)15(22)17(24)16(14)23/h1-7,14,17,24H,8H2,(H,21,25). The summed E-state index contributed by atoms with van der Waals surface area (Å²) in [6, 6.07) is 8.48. The fraction of sp³-hybridized carbons (Fsp3) is 0.167. The normalized spacial score (nSPS) is 19.5. The van der Waals surface area contributed by atoms with E-state index in [2.05, 4.69) is 5.32 Å². The molecule has 25 heavy (non-hydrogen) atoms. The van der Waals surface area contributed by atoms with Gasteiger partial charge in [-0.2, -0.15) is 0 Å². The van der Waals surface area contributed by atoms with Crippen LogP contribution in [-0.2, 0) is 16.1 Å². The van der Waals surface area contributed by atoms with E-state index in [4.69, 9.17) is 0 Å². The van der Waals surface area contributed by atoms with Gasteiger partial charge < -0.3 is 10.4 Å². The predicted molar refractivity (Wildman–Crippen MR) is 82.7 cm³/mol. The fourth-order valence-corrected chi connectivity index (χ4v) is 2.75. The average Bonchev–Trinajstić information content (AvgIpc) is 2.59. The molecule has 2 aromatic rings. The van der Waals surface area contributed by atoms with Crippen molar-refractivity contribution in [2.75, 3.05) is 0 Å². The molecule has 2 N–H and O–H groups in total. The highest BCUT2D eigenvalue weighted by Gasteiger charge is 2.43. The molecule has 0 fully saturated rings. The quantitative estimate of drug-likeness (QED) is 0.826. The van der Waals surface area contributed by atoms with Crippen LogP contribution in [-0.4, -0.2) is 28.7 Å². The number of halogens is 2. The zero-order valence-electron chi connectivity index (χ0n) is 12.8. The lowest BCUT2D eigenvalue weighted by Crippen LogP contribution is -2.45. The van der Waals surface area contributed by atoms with Crippen molar-refractivity contribution in [3.05, 3.63) is 70.8 Å². The Morgan fingerprint density at radius 1 is 1.04 bits per heavy atom. The number of Topliss-reactive ketones (excluding diaryl/α,β-unsaturated/α-hetero) is 2. The second kappa shape index (κ2) is 6.52. The van der Waals surface area contributed by atoms with Gasteiger partial charge in [0.15, 0.2) is 17.7 Å². The number of carbonyl (C=O) groups excluding carboxylic acids is 3. The molecule has 0 radical (unpaired) electrons. The van der Waals surface area contributed by atoms with E-state index in [-0.39, 0.29) is 17.7 Å². The Labute approximate surface area is 141 Å². The second-order valence-corrected chi connectivity index (χ2v) is 5.68. The molecule has 0 aliphatic heterocycles. The molecule has 1 amide bonds. The Morgan fingerprint density at radius 3 is 2.36 bits per heavy atom. The van der Waals surface area contributed by atoms with Crippen molar-refractivity contribution in [2.24, 2.45) is 0 Å². The molecular weight excluding hydrogens is 332 g/mol. The molecule has 2 atom stereocenters. The van der Waals surface area contributed by atoms with Crippen molar-refractivity contribution in [2.45, 2.75) is 18.6 Å². The first-order chi connectivity index (χ1) is 11.9. The van der Waals surface area contributed by atoms with Gasteiger partial charge in [0.05, 0.1) is 0 Å². The first kappa shape index (κ1) is 16.9. The summed E-state index contributed by atoms with van der Waals surface area (Å²) in [6.07, 6.45) is -1.96. The van der Waals surface area contributed by atoms with Crippen molar-refractivity contribution in [1.29, 1.82) is 0 Å². The van der Waals surface area contributed by atoms with Gasteiger partial charge in [-0.15, -0.1) is 0 Å². The highest BCUT2D eigenvalue weighted by atomic mass is 19.1. The number of aliphatic hydroxyl groups excluding tert-OH is 1. The maximum Gasteiger partial charge on any atom is 0.235 e. The SMILES string of the molecule is O=C1c2ccc(F)cc2C(C(=O)NCc2ccc(F)cc2)C(=O)C1O. The number of ketones is 2. The molecule has 1 aliphatic carbocycles. The number of nitrogens with one attached hydrogen (secondary N) is 1. The molecule has 2 aromatic carbocycles. The topological polar surface area (TPSA) is 83.5 Å². The summed E-state index contributed by atoms with van der Waals surface area (Å²) in [6.45, 7) is 0.0115. The lowest BCUT2D eigenvalue weighted by atomic mass is 9.79. The van der Waals surface area contributed by atoms with Crippen LogP contribution in [0.3, 0.4) is 0 Å². The lowest BCUT2D eigenvalue weighted by molar-refractivity contribution is -0.134. The van der Waals surface area contributed by atoms with E-state index in [1.54, 1.807) is 0 Å². The van der Waals surface area contributed by atoms with E-state index in [0.717, 1.165) is 18.2 Å².